The van der Waals surface area contributed by atoms with Gasteiger partial charge in [0.1, 0.15) is 0 Å². The van der Waals surface area contributed by atoms with Crippen molar-refractivity contribution in [3.8, 4) is 0 Å². The molecule has 1 aromatic heterocycles. The molecule has 0 aliphatic heterocycles. The van der Waals surface area contributed by atoms with Crippen molar-refractivity contribution in [1.29, 1.82) is 0 Å². The van der Waals surface area contributed by atoms with Crippen LogP contribution in [-0.4, -0.2) is 29.9 Å². The van der Waals surface area contributed by atoms with Gasteiger partial charge in [-0.3, -0.25) is 0 Å². The molecule has 0 bridgehead atoms. The first kappa shape index (κ1) is 13.1. The minimum Gasteiger partial charge on any atom is -0.381 e. The molecule has 0 aliphatic rings. The molecule has 1 aromatic rings. The maximum Gasteiger partial charge on any atom is 0.240 e. The molecule has 0 saturated heterocycles. The molecule has 0 fully saturated rings. The molecule has 0 amide bonds. The van der Waals surface area contributed by atoms with E-state index >= 15 is 0 Å². The van der Waals surface area contributed by atoms with Crippen molar-refractivity contribution in [2.75, 3.05) is 13.7 Å². The molecule has 0 aliphatic carbocycles. The van der Waals surface area contributed by atoms with Crippen molar-refractivity contribution in [3.05, 3.63) is 11.7 Å². The summed E-state index contributed by atoms with van der Waals surface area (Å²) in [5.41, 5.74) is 0. The lowest BCUT2D eigenvalue weighted by Crippen LogP contribution is -2.19. The van der Waals surface area contributed by atoms with Crippen molar-refractivity contribution < 1.29 is 9.26 Å². The van der Waals surface area contributed by atoms with Gasteiger partial charge in [0.15, 0.2) is 5.82 Å². The third kappa shape index (κ3) is 4.72. The van der Waals surface area contributed by atoms with Gasteiger partial charge in [-0.05, 0) is 19.4 Å². The molecular formula is C11H21N3O2. The number of methoxy groups -OCH3 is 1. The van der Waals surface area contributed by atoms with E-state index in [2.05, 4.69) is 29.3 Å². The molecule has 0 radical (unpaired) electrons. The van der Waals surface area contributed by atoms with Crippen LogP contribution in [0.25, 0.3) is 0 Å². The van der Waals surface area contributed by atoms with Crippen molar-refractivity contribution >= 4 is 0 Å². The largest absolute Gasteiger partial charge is 0.381 e. The van der Waals surface area contributed by atoms with Gasteiger partial charge in [-0.25, -0.2) is 0 Å². The molecule has 0 aromatic carbocycles. The molecule has 1 atom stereocenters. The zero-order valence-corrected chi connectivity index (χ0v) is 10.5. The fraction of sp³-hybridized carbons (Fsp3) is 0.818. The number of hydrogen-bond donors (Lipinski definition) is 1. The Labute approximate surface area is 96.6 Å². The number of ether oxygens (including phenoxy) is 1. The lowest BCUT2D eigenvalue weighted by atomic mass is 10.2. The molecule has 92 valence electrons. The van der Waals surface area contributed by atoms with E-state index in [-0.39, 0.29) is 6.10 Å². The first-order chi connectivity index (χ1) is 7.61. The van der Waals surface area contributed by atoms with E-state index in [1.165, 1.54) is 0 Å². The van der Waals surface area contributed by atoms with Crippen LogP contribution in [0.3, 0.4) is 0 Å². The van der Waals surface area contributed by atoms with Gasteiger partial charge in [-0.2, -0.15) is 4.98 Å². The highest BCUT2D eigenvalue weighted by Gasteiger charge is 2.09. The van der Waals surface area contributed by atoms with Crippen LogP contribution in [0.2, 0.25) is 0 Å². The van der Waals surface area contributed by atoms with E-state index in [0.29, 0.717) is 30.6 Å². The molecule has 1 rings (SSSR count). The third-order valence-corrected chi connectivity index (χ3v) is 2.21. The number of rotatable bonds is 7. The maximum atomic E-state index is 5.14. The quantitative estimate of drug-likeness (QED) is 0.762. The van der Waals surface area contributed by atoms with E-state index in [0.717, 1.165) is 6.54 Å². The summed E-state index contributed by atoms with van der Waals surface area (Å²) in [6.45, 7) is 7.88. The van der Waals surface area contributed by atoms with Crippen LogP contribution >= 0.6 is 0 Å². The van der Waals surface area contributed by atoms with Crippen LogP contribution in [0, 0.1) is 5.92 Å². The SMILES string of the molecule is COC(C)Cc1noc(CNCC(C)C)n1. The van der Waals surface area contributed by atoms with Crippen LogP contribution in [0.1, 0.15) is 32.5 Å². The molecule has 0 saturated carbocycles. The highest BCUT2D eigenvalue weighted by molar-refractivity contribution is 4.87. The van der Waals surface area contributed by atoms with Gasteiger partial charge >= 0.3 is 0 Å². The second kappa shape index (κ2) is 6.60. The summed E-state index contributed by atoms with van der Waals surface area (Å²) in [4.78, 5) is 4.27. The summed E-state index contributed by atoms with van der Waals surface area (Å²) >= 11 is 0. The average Bonchev–Trinajstić information content (AvgIpc) is 2.65. The lowest BCUT2D eigenvalue weighted by Gasteiger charge is -2.04. The molecule has 1 heterocycles. The molecule has 16 heavy (non-hydrogen) atoms. The van der Waals surface area contributed by atoms with Crippen LogP contribution in [0.15, 0.2) is 4.52 Å². The third-order valence-electron chi connectivity index (χ3n) is 2.21. The number of nitrogens with zero attached hydrogens (tertiary/aromatic N) is 2. The summed E-state index contributed by atoms with van der Waals surface area (Å²) < 4.78 is 10.3. The van der Waals surface area contributed by atoms with E-state index in [1.54, 1.807) is 7.11 Å². The van der Waals surface area contributed by atoms with Crippen LogP contribution in [0.4, 0.5) is 0 Å². The standard InChI is InChI=1S/C11H21N3O2/c1-8(2)6-12-7-11-13-10(14-16-11)5-9(3)15-4/h8-9,12H,5-7H2,1-4H3. The van der Waals surface area contributed by atoms with Gasteiger partial charge in [0.2, 0.25) is 5.89 Å². The van der Waals surface area contributed by atoms with Crippen LogP contribution in [-0.2, 0) is 17.7 Å². The Kier molecular flexibility index (Phi) is 5.42. The summed E-state index contributed by atoms with van der Waals surface area (Å²) in [5.74, 6) is 1.96. The van der Waals surface area contributed by atoms with Crippen molar-refractivity contribution in [2.24, 2.45) is 5.92 Å². The van der Waals surface area contributed by atoms with E-state index in [1.807, 2.05) is 6.92 Å². The van der Waals surface area contributed by atoms with Gasteiger partial charge in [0.25, 0.3) is 0 Å². The summed E-state index contributed by atoms with van der Waals surface area (Å²) in [6.07, 6.45) is 0.804. The molecular weight excluding hydrogens is 206 g/mol. The van der Waals surface area contributed by atoms with Crippen LogP contribution < -0.4 is 5.32 Å². The molecule has 5 heteroatoms. The number of aromatic nitrogens is 2. The Bertz CT molecular complexity index is 299. The fourth-order valence-corrected chi connectivity index (χ4v) is 1.25. The van der Waals surface area contributed by atoms with Gasteiger partial charge in [-0.1, -0.05) is 19.0 Å². The second-order valence-corrected chi connectivity index (χ2v) is 4.38. The smallest absolute Gasteiger partial charge is 0.240 e. The van der Waals surface area contributed by atoms with Crippen LogP contribution in [0.5, 0.6) is 0 Å². The monoisotopic (exact) mass is 227 g/mol. The van der Waals surface area contributed by atoms with E-state index in [9.17, 15) is 0 Å². The zero-order valence-electron chi connectivity index (χ0n) is 10.5. The molecule has 1 unspecified atom stereocenters. The highest BCUT2D eigenvalue weighted by atomic mass is 16.5. The normalized spacial score (nSPS) is 13.3. The summed E-state index contributed by atoms with van der Waals surface area (Å²) in [5, 5.41) is 7.15. The average molecular weight is 227 g/mol. The Morgan fingerprint density at radius 2 is 2.12 bits per heavy atom. The topological polar surface area (TPSA) is 60.2 Å². The molecule has 1 N–H and O–H groups in total. The van der Waals surface area contributed by atoms with Crippen molar-refractivity contribution in [1.82, 2.24) is 15.5 Å². The maximum absolute atomic E-state index is 5.14. The summed E-state index contributed by atoms with van der Waals surface area (Å²) in [7, 11) is 1.68. The highest BCUT2D eigenvalue weighted by Crippen LogP contribution is 2.02. The van der Waals surface area contributed by atoms with Crippen molar-refractivity contribution in [3.63, 3.8) is 0 Å². The zero-order chi connectivity index (χ0) is 12.0. The van der Waals surface area contributed by atoms with Gasteiger partial charge in [-0.15, -0.1) is 0 Å². The fourth-order valence-electron chi connectivity index (χ4n) is 1.25. The molecule has 0 spiro atoms. The first-order valence-electron chi connectivity index (χ1n) is 5.66. The lowest BCUT2D eigenvalue weighted by molar-refractivity contribution is 0.116. The second-order valence-electron chi connectivity index (χ2n) is 4.38. The Morgan fingerprint density at radius 1 is 1.38 bits per heavy atom. The first-order valence-corrected chi connectivity index (χ1v) is 5.66. The minimum atomic E-state index is 0.120. The predicted molar refractivity (Wildman–Crippen MR) is 61.0 cm³/mol. The Hall–Kier alpha value is -0.940. The van der Waals surface area contributed by atoms with Crippen molar-refractivity contribution in [2.45, 2.75) is 39.8 Å². The predicted octanol–water partition coefficient (Wildman–Crippen LogP) is 1.39. The van der Waals surface area contributed by atoms with Gasteiger partial charge in [0, 0.05) is 13.5 Å². The van der Waals surface area contributed by atoms with E-state index in [4.69, 9.17) is 9.26 Å². The Balaban J connectivity index is 2.33. The number of nitrogens with one attached hydrogen (secondary N) is 1. The number of hydrogen-bond acceptors (Lipinski definition) is 5. The minimum absolute atomic E-state index is 0.120. The Morgan fingerprint density at radius 3 is 2.75 bits per heavy atom. The van der Waals surface area contributed by atoms with Gasteiger partial charge < -0.3 is 14.6 Å². The van der Waals surface area contributed by atoms with Gasteiger partial charge in [0.05, 0.1) is 12.6 Å². The molecule has 5 nitrogen and oxygen atoms in total. The summed E-state index contributed by atoms with van der Waals surface area (Å²) in [6, 6.07) is 0. The van der Waals surface area contributed by atoms with E-state index < -0.39 is 0 Å².